The van der Waals surface area contributed by atoms with Gasteiger partial charge >= 0.3 is 6.09 Å². The number of nitrogens with one attached hydrogen (secondary N) is 1. The van der Waals surface area contributed by atoms with Crippen molar-refractivity contribution in [2.45, 2.75) is 43.8 Å². The first-order chi connectivity index (χ1) is 9.58. The molecule has 0 unspecified atom stereocenters. The topological polar surface area (TPSA) is 99.0 Å². The summed E-state index contributed by atoms with van der Waals surface area (Å²) in [5.41, 5.74) is 0.863. The summed E-state index contributed by atoms with van der Waals surface area (Å²) in [5, 5.41) is 31.2. The van der Waals surface area contributed by atoms with E-state index in [0.29, 0.717) is 12.8 Å². The zero-order valence-electron chi connectivity index (χ0n) is 11.0. The largest absolute Gasteiger partial charge is 0.445 e. The highest BCUT2D eigenvalue weighted by atomic mass is 16.5. The summed E-state index contributed by atoms with van der Waals surface area (Å²) in [6, 6.07) is 8.62. The number of aliphatic hydroxyl groups excluding tert-OH is 3. The van der Waals surface area contributed by atoms with Crippen LogP contribution in [0.1, 0.15) is 18.4 Å². The van der Waals surface area contributed by atoms with Crippen LogP contribution in [0.15, 0.2) is 30.3 Å². The van der Waals surface area contributed by atoms with E-state index >= 15 is 0 Å². The Bertz CT molecular complexity index is 438. The normalized spacial score (nSPS) is 29.8. The Morgan fingerprint density at radius 2 is 1.85 bits per heavy atom. The van der Waals surface area contributed by atoms with E-state index in [4.69, 9.17) is 4.74 Å². The van der Waals surface area contributed by atoms with Crippen LogP contribution in [0.25, 0.3) is 0 Å². The number of carbonyl (C=O) groups excluding carboxylic acids is 1. The van der Waals surface area contributed by atoms with Crippen molar-refractivity contribution in [1.82, 2.24) is 5.32 Å². The maximum absolute atomic E-state index is 11.6. The minimum absolute atomic E-state index is 0.140. The molecular formula is C14H19NO5. The summed E-state index contributed by atoms with van der Waals surface area (Å²) >= 11 is 0. The zero-order valence-corrected chi connectivity index (χ0v) is 11.0. The van der Waals surface area contributed by atoms with Crippen LogP contribution in [0.5, 0.6) is 0 Å². The molecule has 6 nitrogen and oxygen atoms in total. The van der Waals surface area contributed by atoms with E-state index < -0.39 is 30.4 Å². The van der Waals surface area contributed by atoms with Crippen LogP contribution in [0.4, 0.5) is 4.79 Å². The molecule has 0 spiro atoms. The van der Waals surface area contributed by atoms with Gasteiger partial charge < -0.3 is 25.4 Å². The number of benzene rings is 1. The molecule has 1 amide bonds. The smallest absolute Gasteiger partial charge is 0.407 e. The molecule has 0 heterocycles. The quantitative estimate of drug-likeness (QED) is 0.632. The van der Waals surface area contributed by atoms with Crippen molar-refractivity contribution in [3.05, 3.63) is 35.9 Å². The van der Waals surface area contributed by atoms with Gasteiger partial charge in [-0.1, -0.05) is 30.3 Å². The first-order valence-corrected chi connectivity index (χ1v) is 6.59. The molecule has 20 heavy (non-hydrogen) atoms. The van der Waals surface area contributed by atoms with Crippen LogP contribution in [-0.2, 0) is 11.3 Å². The van der Waals surface area contributed by atoms with Crippen LogP contribution >= 0.6 is 0 Å². The molecule has 0 saturated heterocycles. The number of hydrogen-bond acceptors (Lipinski definition) is 5. The summed E-state index contributed by atoms with van der Waals surface area (Å²) in [5.74, 6) is 0. The average Bonchev–Trinajstić information content (AvgIpc) is 2.47. The molecular weight excluding hydrogens is 262 g/mol. The van der Waals surface area contributed by atoms with Crippen molar-refractivity contribution in [1.29, 1.82) is 0 Å². The summed E-state index contributed by atoms with van der Waals surface area (Å²) in [7, 11) is 0. The highest BCUT2D eigenvalue weighted by Crippen LogP contribution is 2.20. The number of aliphatic hydroxyl groups is 3. The maximum atomic E-state index is 11.6. The van der Waals surface area contributed by atoms with E-state index in [1.165, 1.54) is 0 Å². The molecule has 2 rings (SSSR count). The molecule has 1 saturated carbocycles. The Labute approximate surface area is 117 Å². The van der Waals surface area contributed by atoms with Crippen molar-refractivity contribution >= 4 is 6.09 Å². The molecule has 0 aromatic heterocycles. The minimum Gasteiger partial charge on any atom is -0.445 e. The minimum atomic E-state index is -1.25. The van der Waals surface area contributed by atoms with E-state index in [1.54, 1.807) is 0 Å². The third-order valence-electron chi connectivity index (χ3n) is 3.45. The third kappa shape index (κ3) is 3.69. The molecule has 6 heteroatoms. The van der Waals surface area contributed by atoms with Gasteiger partial charge in [-0.3, -0.25) is 0 Å². The number of alkyl carbamates (subject to hydrolysis) is 1. The van der Waals surface area contributed by atoms with Gasteiger partial charge in [-0.2, -0.15) is 0 Å². The predicted octanol–water partition coefficient (Wildman–Crippen LogP) is 0.158. The second-order valence-electron chi connectivity index (χ2n) is 4.94. The number of ether oxygens (including phenoxy) is 1. The molecule has 0 radical (unpaired) electrons. The third-order valence-corrected chi connectivity index (χ3v) is 3.45. The summed E-state index contributed by atoms with van der Waals surface area (Å²) in [6.07, 6.45) is -3.34. The molecule has 4 atom stereocenters. The van der Waals surface area contributed by atoms with Crippen molar-refractivity contribution in [2.24, 2.45) is 0 Å². The van der Waals surface area contributed by atoms with Crippen LogP contribution in [0.2, 0.25) is 0 Å². The van der Waals surface area contributed by atoms with Crippen LogP contribution in [0.3, 0.4) is 0 Å². The highest BCUT2D eigenvalue weighted by Gasteiger charge is 2.37. The summed E-state index contributed by atoms with van der Waals surface area (Å²) in [4.78, 5) is 11.6. The Balaban J connectivity index is 1.80. The molecule has 4 N–H and O–H groups in total. The van der Waals surface area contributed by atoms with Gasteiger partial charge in [-0.05, 0) is 18.4 Å². The van der Waals surface area contributed by atoms with Crippen LogP contribution in [-0.4, -0.2) is 45.8 Å². The number of rotatable bonds is 3. The van der Waals surface area contributed by atoms with Gasteiger partial charge in [0.25, 0.3) is 0 Å². The second kappa shape index (κ2) is 6.69. The zero-order chi connectivity index (χ0) is 14.5. The van der Waals surface area contributed by atoms with Gasteiger partial charge in [-0.25, -0.2) is 4.79 Å². The summed E-state index contributed by atoms with van der Waals surface area (Å²) in [6.45, 7) is 0.140. The maximum Gasteiger partial charge on any atom is 0.407 e. The number of carbonyl (C=O) groups is 1. The lowest BCUT2D eigenvalue weighted by molar-refractivity contribution is -0.0972. The van der Waals surface area contributed by atoms with E-state index in [0.717, 1.165) is 5.56 Å². The number of amides is 1. The molecule has 1 aliphatic carbocycles. The Morgan fingerprint density at radius 3 is 2.55 bits per heavy atom. The number of hydrogen-bond donors (Lipinski definition) is 4. The van der Waals surface area contributed by atoms with E-state index in [-0.39, 0.29) is 6.61 Å². The standard InChI is InChI=1S/C14H19NO5/c16-11-7-6-10(12(17)13(11)18)15-14(19)20-8-9-4-2-1-3-5-9/h1-5,10-13,16-18H,6-8H2,(H,15,19)/t10-,11+,12+,13-/m1/s1. The molecule has 1 aromatic carbocycles. The van der Waals surface area contributed by atoms with Crippen molar-refractivity contribution in [2.75, 3.05) is 0 Å². The first kappa shape index (κ1) is 14.8. The molecule has 1 fully saturated rings. The monoisotopic (exact) mass is 281 g/mol. The fourth-order valence-corrected chi connectivity index (χ4v) is 2.23. The summed E-state index contributed by atoms with van der Waals surface area (Å²) < 4.78 is 5.04. The Kier molecular flexibility index (Phi) is 4.94. The van der Waals surface area contributed by atoms with E-state index in [1.807, 2.05) is 30.3 Å². The molecule has 0 bridgehead atoms. The van der Waals surface area contributed by atoms with Crippen LogP contribution < -0.4 is 5.32 Å². The van der Waals surface area contributed by atoms with Gasteiger partial charge in [0, 0.05) is 0 Å². The van der Waals surface area contributed by atoms with E-state index in [2.05, 4.69) is 5.32 Å². The Hall–Kier alpha value is -1.63. The fourth-order valence-electron chi connectivity index (χ4n) is 2.23. The lowest BCUT2D eigenvalue weighted by Gasteiger charge is -2.35. The molecule has 110 valence electrons. The highest BCUT2D eigenvalue weighted by molar-refractivity contribution is 5.67. The van der Waals surface area contributed by atoms with Gasteiger partial charge in [0.2, 0.25) is 0 Å². The van der Waals surface area contributed by atoms with Gasteiger partial charge in [0.05, 0.1) is 12.1 Å². The van der Waals surface area contributed by atoms with Crippen LogP contribution in [0, 0.1) is 0 Å². The molecule has 1 aromatic rings. The SMILES string of the molecule is O=C(N[C@@H]1CC[C@H](O)[C@@H](O)[C@H]1O)OCc1ccccc1. The van der Waals surface area contributed by atoms with Crippen molar-refractivity contribution in [3.63, 3.8) is 0 Å². The Morgan fingerprint density at radius 1 is 1.15 bits per heavy atom. The predicted molar refractivity (Wildman–Crippen MR) is 70.8 cm³/mol. The van der Waals surface area contributed by atoms with Gasteiger partial charge in [0.15, 0.2) is 0 Å². The lowest BCUT2D eigenvalue weighted by Crippen LogP contribution is -2.55. The molecule has 0 aliphatic heterocycles. The molecule has 1 aliphatic rings. The van der Waals surface area contributed by atoms with Gasteiger partial charge in [0.1, 0.15) is 18.8 Å². The van der Waals surface area contributed by atoms with Crippen molar-refractivity contribution in [3.8, 4) is 0 Å². The average molecular weight is 281 g/mol. The lowest BCUT2D eigenvalue weighted by atomic mass is 9.88. The van der Waals surface area contributed by atoms with Gasteiger partial charge in [-0.15, -0.1) is 0 Å². The van der Waals surface area contributed by atoms with Crippen molar-refractivity contribution < 1.29 is 24.9 Å². The second-order valence-corrected chi connectivity index (χ2v) is 4.94. The first-order valence-electron chi connectivity index (χ1n) is 6.59. The van der Waals surface area contributed by atoms with E-state index in [9.17, 15) is 20.1 Å². The fraction of sp³-hybridized carbons (Fsp3) is 0.500.